The van der Waals surface area contributed by atoms with Crippen molar-refractivity contribution in [3.63, 3.8) is 0 Å². The van der Waals surface area contributed by atoms with Crippen molar-refractivity contribution < 1.29 is 14.4 Å². The molecule has 2 aliphatic heterocycles. The summed E-state index contributed by atoms with van der Waals surface area (Å²) < 4.78 is 0. The van der Waals surface area contributed by atoms with Crippen molar-refractivity contribution in [3.8, 4) is 0 Å². The number of carbonyl (C=O) groups excluding carboxylic acids is 3. The highest BCUT2D eigenvalue weighted by Gasteiger charge is 2.38. The van der Waals surface area contributed by atoms with Gasteiger partial charge in [0.2, 0.25) is 0 Å². The van der Waals surface area contributed by atoms with Crippen LogP contribution in [0.4, 0.5) is 5.69 Å². The van der Waals surface area contributed by atoms with Gasteiger partial charge in [-0.15, -0.1) is 0 Å². The number of nitrogens with one attached hydrogen (secondary N) is 2. The van der Waals surface area contributed by atoms with Gasteiger partial charge in [0.1, 0.15) is 0 Å². The number of imide groups is 1. The molecule has 1 fully saturated rings. The van der Waals surface area contributed by atoms with E-state index in [9.17, 15) is 14.4 Å². The van der Waals surface area contributed by atoms with Crippen LogP contribution < -0.4 is 15.5 Å². The van der Waals surface area contributed by atoms with Crippen LogP contribution in [0.1, 0.15) is 55.5 Å². The zero-order valence-electron chi connectivity index (χ0n) is 16.9. The van der Waals surface area contributed by atoms with E-state index in [1.165, 1.54) is 4.90 Å². The zero-order valence-corrected chi connectivity index (χ0v) is 16.9. The van der Waals surface area contributed by atoms with Gasteiger partial charge < -0.3 is 10.6 Å². The van der Waals surface area contributed by atoms with Crippen molar-refractivity contribution in [1.29, 1.82) is 0 Å². The van der Waals surface area contributed by atoms with Crippen LogP contribution in [-0.4, -0.2) is 36.9 Å². The van der Waals surface area contributed by atoms with E-state index in [4.69, 9.17) is 0 Å². The number of hydrogen-bond donors (Lipinski definition) is 2. The molecule has 0 bridgehead atoms. The second kappa shape index (κ2) is 7.44. The van der Waals surface area contributed by atoms with Crippen LogP contribution >= 0.6 is 0 Å². The number of carbonyl (C=O) groups is 3. The van der Waals surface area contributed by atoms with Crippen LogP contribution in [0, 0.1) is 19.8 Å². The van der Waals surface area contributed by atoms with Crippen LogP contribution in [-0.2, 0) is 0 Å². The molecule has 3 amide bonds. The van der Waals surface area contributed by atoms with Crippen LogP contribution in [0.25, 0.3) is 0 Å². The number of aryl methyl sites for hydroxylation is 2. The lowest BCUT2D eigenvalue weighted by Gasteiger charge is -2.30. The monoisotopic (exact) mass is 391 g/mol. The molecule has 2 heterocycles. The number of benzene rings is 2. The van der Waals surface area contributed by atoms with Gasteiger partial charge in [-0.05, 0) is 74.7 Å². The smallest absolute Gasteiger partial charge is 0.266 e. The summed E-state index contributed by atoms with van der Waals surface area (Å²) in [4.78, 5) is 39.9. The van der Waals surface area contributed by atoms with Crippen LogP contribution in [0.2, 0.25) is 0 Å². The third kappa shape index (κ3) is 3.44. The maximum Gasteiger partial charge on any atom is 0.266 e. The van der Waals surface area contributed by atoms with Crippen molar-refractivity contribution in [1.82, 2.24) is 10.6 Å². The van der Waals surface area contributed by atoms with Crippen LogP contribution in [0.5, 0.6) is 0 Å². The number of piperidine rings is 1. The summed E-state index contributed by atoms with van der Waals surface area (Å²) in [5, 5.41) is 6.38. The lowest BCUT2D eigenvalue weighted by molar-refractivity contribution is 0.0909. The molecule has 2 N–H and O–H groups in total. The molecule has 0 aromatic heterocycles. The summed E-state index contributed by atoms with van der Waals surface area (Å²) >= 11 is 0. The van der Waals surface area contributed by atoms with Gasteiger partial charge >= 0.3 is 0 Å². The molecule has 0 saturated carbocycles. The highest BCUT2D eigenvalue weighted by molar-refractivity contribution is 6.35. The van der Waals surface area contributed by atoms with Gasteiger partial charge in [-0.1, -0.05) is 19.1 Å². The second-order valence-corrected chi connectivity index (χ2v) is 8.05. The number of rotatable bonds is 3. The Morgan fingerprint density at radius 2 is 1.83 bits per heavy atom. The summed E-state index contributed by atoms with van der Waals surface area (Å²) in [6, 6.07) is 10.5. The molecule has 29 heavy (non-hydrogen) atoms. The highest BCUT2D eigenvalue weighted by atomic mass is 16.2. The van der Waals surface area contributed by atoms with Gasteiger partial charge in [0, 0.05) is 11.6 Å². The van der Waals surface area contributed by atoms with Crippen molar-refractivity contribution in [2.24, 2.45) is 5.92 Å². The van der Waals surface area contributed by atoms with Crippen LogP contribution in [0.3, 0.4) is 0 Å². The molecule has 0 spiro atoms. The Morgan fingerprint density at radius 3 is 2.59 bits per heavy atom. The van der Waals surface area contributed by atoms with E-state index in [2.05, 4.69) is 17.6 Å². The molecule has 150 valence electrons. The minimum atomic E-state index is -0.386. The van der Waals surface area contributed by atoms with Crippen molar-refractivity contribution in [2.75, 3.05) is 18.0 Å². The van der Waals surface area contributed by atoms with E-state index in [0.29, 0.717) is 22.7 Å². The van der Waals surface area contributed by atoms with E-state index >= 15 is 0 Å². The Morgan fingerprint density at radius 1 is 1.07 bits per heavy atom. The molecule has 6 heteroatoms. The predicted molar refractivity (Wildman–Crippen MR) is 111 cm³/mol. The molecule has 4 rings (SSSR count). The predicted octanol–water partition coefficient (Wildman–Crippen LogP) is 2.83. The number of anilines is 1. The average molecular weight is 391 g/mol. The first-order chi connectivity index (χ1) is 13.9. The summed E-state index contributed by atoms with van der Waals surface area (Å²) in [6.45, 7) is 7.64. The molecule has 6 nitrogen and oxygen atoms in total. The Labute approximate surface area is 170 Å². The summed E-state index contributed by atoms with van der Waals surface area (Å²) in [7, 11) is 0. The molecular formula is C23H25N3O3. The van der Waals surface area contributed by atoms with Crippen molar-refractivity contribution in [3.05, 3.63) is 64.2 Å². The maximum absolute atomic E-state index is 13.1. The fraction of sp³-hybridized carbons (Fsp3) is 0.348. The Kier molecular flexibility index (Phi) is 4.96. The third-order valence-electron chi connectivity index (χ3n) is 5.86. The number of fused-ring (bicyclic) bond motifs is 1. The first kappa shape index (κ1) is 19.3. The zero-order chi connectivity index (χ0) is 20.7. The molecule has 0 aliphatic carbocycles. The molecule has 2 atom stereocenters. The van der Waals surface area contributed by atoms with Crippen molar-refractivity contribution in [2.45, 2.75) is 33.2 Å². The fourth-order valence-corrected chi connectivity index (χ4v) is 4.04. The Hall–Kier alpha value is -2.99. The lowest BCUT2D eigenvalue weighted by atomic mass is 9.95. The molecule has 2 aliphatic rings. The quantitative estimate of drug-likeness (QED) is 0.789. The first-order valence-electron chi connectivity index (χ1n) is 9.98. The third-order valence-corrected chi connectivity index (χ3v) is 5.86. The normalized spacial score (nSPS) is 21.3. The van der Waals surface area contributed by atoms with E-state index in [1.807, 2.05) is 32.0 Å². The van der Waals surface area contributed by atoms with Gasteiger partial charge in [-0.2, -0.15) is 0 Å². The SMILES string of the molecule is Cc1ccc(C)c(N2C(=O)c3ccc(C(=O)NC4CCNCC4C)cc3C2=O)c1. The topological polar surface area (TPSA) is 78.5 Å². The first-order valence-corrected chi connectivity index (χ1v) is 9.98. The van der Waals surface area contributed by atoms with E-state index in [0.717, 1.165) is 30.6 Å². The van der Waals surface area contributed by atoms with Gasteiger partial charge in [0.25, 0.3) is 17.7 Å². The van der Waals surface area contributed by atoms with E-state index in [1.54, 1.807) is 18.2 Å². The number of amides is 3. The maximum atomic E-state index is 13.1. The standard InChI is InChI=1S/C23H25N3O3/c1-13-4-5-14(2)20(10-13)26-22(28)17-7-6-16(11-18(17)23(26)29)21(27)25-19-8-9-24-12-15(19)3/h4-7,10-11,15,19,24H,8-9,12H2,1-3H3,(H,25,27). The minimum absolute atomic E-state index is 0.0979. The summed E-state index contributed by atoms with van der Waals surface area (Å²) in [5.74, 6) is -0.608. The molecule has 2 aromatic carbocycles. The van der Waals surface area contributed by atoms with Gasteiger partial charge in [-0.25, -0.2) is 4.90 Å². The van der Waals surface area contributed by atoms with Gasteiger partial charge in [0.05, 0.1) is 16.8 Å². The fourth-order valence-electron chi connectivity index (χ4n) is 4.04. The molecule has 2 unspecified atom stereocenters. The molecule has 0 radical (unpaired) electrons. The second-order valence-electron chi connectivity index (χ2n) is 8.05. The largest absolute Gasteiger partial charge is 0.349 e. The van der Waals surface area contributed by atoms with Crippen LogP contribution in [0.15, 0.2) is 36.4 Å². The summed E-state index contributed by atoms with van der Waals surface area (Å²) in [6.07, 6.45) is 0.871. The molecular weight excluding hydrogens is 366 g/mol. The molecule has 2 aromatic rings. The van der Waals surface area contributed by atoms with Crippen molar-refractivity contribution >= 4 is 23.4 Å². The highest BCUT2D eigenvalue weighted by Crippen LogP contribution is 2.31. The average Bonchev–Trinajstić information content (AvgIpc) is 2.95. The minimum Gasteiger partial charge on any atom is -0.349 e. The number of hydrogen-bond acceptors (Lipinski definition) is 4. The Balaban J connectivity index is 1.61. The molecule has 1 saturated heterocycles. The van der Waals surface area contributed by atoms with Gasteiger partial charge in [-0.3, -0.25) is 14.4 Å². The lowest BCUT2D eigenvalue weighted by Crippen LogP contribution is -2.48. The van der Waals surface area contributed by atoms with E-state index < -0.39 is 0 Å². The van der Waals surface area contributed by atoms with E-state index in [-0.39, 0.29) is 29.3 Å². The Bertz CT molecular complexity index is 1010. The summed E-state index contributed by atoms with van der Waals surface area (Å²) in [5.41, 5.74) is 3.43. The number of nitrogens with zero attached hydrogens (tertiary/aromatic N) is 1. The van der Waals surface area contributed by atoms with Gasteiger partial charge in [0.15, 0.2) is 0 Å².